The number of para-hydroxylation sites is 1. The molecule has 0 aromatic heterocycles. The predicted octanol–water partition coefficient (Wildman–Crippen LogP) is 6.89. The number of piperidine rings is 2. The number of alkyl halides is 6. The Balaban J connectivity index is 1.27. The number of esters is 1. The minimum absolute atomic E-state index is 0.0572. The second-order valence-electron chi connectivity index (χ2n) is 11.5. The summed E-state index contributed by atoms with van der Waals surface area (Å²) in [5, 5.41) is 0. The topological polar surface area (TPSA) is 59.1 Å². The van der Waals surface area contributed by atoms with E-state index in [1.54, 1.807) is 0 Å². The smallest absolute Gasteiger partial charge is 0.489 e. The number of likely N-dealkylation sites (tertiary alicyclic amines) is 2. The first-order valence-corrected chi connectivity index (χ1v) is 14.6. The molecule has 0 aliphatic carbocycles. The fourth-order valence-corrected chi connectivity index (χ4v) is 6.03. The number of carbonyl (C=O) groups excluding carboxylic acids is 2. The van der Waals surface area contributed by atoms with Gasteiger partial charge in [-0.25, -0.2) is 4.79 Å². The molecule has 2 heterocycles. The van der Waals surface area contributed by atoms with Crippen LogP contribution < -0.4 is 4.74 Å². The summed E-state index contributed by atoms with van der Waals surface area (Å²) in [5.41, 5.74) is 0.235. The Bertz CT molecular complexity index is 1470. The third-order valence-corrected chi connectivity index (χ3v) is 8.62. The number of hydrogen-bond acceptors (Lipinski definition) is 5. The van der Waals surface area contributed by atoms with Crippen molar-refractivity contribution < 1.29 is 45.4 Å². The van der Waals surface area contributed by atoms with Crippen LogP contribution in [0.5, 0.6) is 5.75 Å². The first kappa shape index (κ1) is 32.3. The van der Waals surface area contributed by atoms with Gasteiger partial charge < -0.3 is 14.4 Å². The standard InChI is InChI=1S/C33H32F6N2O4/c34-32(35,36)26-12-10-24(11-13-26)29(42)41-18-15-31(16-19-41)14-17-40(21-28(31)45-30(43)33(37,38)39)20-25-8-4-5-9-27(25)44-22-23-6-2-1-3-7-23/h1-13,28H,14-22H2. The first-order valence-electron chi connectivity index (χ1n) is 14.6. The zero-order chi connectivity index (χ0) is 32.2. The molecule has 0 radical (unpaired) electrons. The highest BCUT2D eigenvalue weighted by Gasteiger charge is 2.51. The molecular weight excluding hydrogens is 602 g/mol. The Morgan fingerprint density at radius 3 is 2.07 bits per heavy atom. The van der Waals surface area contributed by atoms with Crippen molar-refractivity contribution in [2.24, 2.45) is 5.41 Å². The number of carbonyl (C=O) groups is 2. The molecule has 5 rings (SSSR count). The Labute approximate surface area is 256 Å². The fourth-order valence-electron chi connectivity index (χ4n) is 6.03. The third kappa shape index (κ3) is 7.78. The molecular formula is C33H32F6N2O4. The maximum atomic E-state index is 13.3. The van der Waals surface area contributed by atoms with Crippen molar-refractivity contribution in [3.8, 4) is 5.75 Å². The number of benzene rings is 3. The van der Waals surface area contributed by atoms with E-state index in [9.17, 15) is 35.9 Å². The number of nitrogens with zero attached hydrogens (tertiary/aromatic N) is 2. The van der Waals surface area contributed by atoms with Gasteiger partial charge in [0, 0.05) is 42.7 Å². The molecule has 6 nitrogen and oxygen atoms in total. The normalized spacial score (nSPS) is 18.9. The fraction of sp³-hybridized carbons (Fsp3) is 0.394. The highest BCUT2D eigenvalue weighted by molar-refractivity contribution is 5.94. The van der Waals surface area contributed by atoms with Gasteiger partial charge in [0.2, 0.25) is 0 Å². The van der Waals surface area contributed by atoms with Gasteiger partial charge in [-0.05, 0) is 61.7 Å². The molecule has 0 saturated carbocycles. The van der Waals surface area contributed by atoms with Gasteiger partial charge in [-0.3, -0.25) is 9.69 Å². The highest BCUT2D eigenvalue weighted by Crippen LogP contribution is 2.44. The zero-order valence-electron chi connectivity index (χ0n) is 24.2. The Morgan fingerprint density at radius 1 is 0.800 bits per heavy atom. The summed E-state index contributed by atoms with van der Waals surface area (Å²) in [4.78, 5) is 28.5. The maximum Gasteiger partial charge on any atom is 0.490 e. The average Bonchev–Trinajstić information content (AvgIpc) is 3.02. The zero-order valence-corrected chi connectivity index (χ0v) is 24.2. The molecule has 1 unspecified atom stereocenters. The molecule has 1 amide bonds. The van der Waals surface area contributed by atoms with Crippen LogP contribution in [0.1, 0.15) is 46.3 Å². The molecule has 3 aromatic carbocycles. The van der Waals surface area contributed by atoms with Crippen LogP contribution in [-0.4, -0.2) is 60.1 Å². The van der Waals surface area contributed by atoms with Crippen molar-refractivity contribution in [1.82, 2.24) is 9.80 Å². The van der Waals surface area contributed by atoms with Crippen molar-refractivity contribution >= 4 is 11.9 Å². The molecule has 0 bridgehead atoms. The average molecular weight is 635 g/mol. The van der Waals surface area contributed by atoms with E-state index in [0.717, 1.165) is 35.4 Å². The molecule has 0 N–H and O–H groups in total. The predicted molar refractivity (Wildman–Crippen MR) is 152 cm³/mol. The van der Waals surface area contributed by atoms with Gasteiger partial charge in [-0.15, -0.1) is 0 Å². The van der Waals surface area contributed by atoms with E-state index >= 15 is 0 Å². The number of hydrogen-bond donors (Lipinski definition) is 0. The van der Waals surface area contributed by atoms with Crippen LogP contribution in [0.25, 0.3) is 0 Å². The number of ether oxygens (including phenoxy) is 2. The van der Waals surface area contributed by atoms with Gasteiger partial charge in [0.1, 0.15) is 18.5 Å². The van der Waals surface area contributed by atoms with Gasteiger partial charge >= 0.3 is 18.3 Å². The second kappa shape index (κ2) is 13.1. The van der Waals surface area contributed by atoms with Crippen LogP contribution in [0.2, 0.25) is 0 Å². The lowest BCUT2D eigenvalue weighted by atomic mass is 9.69. The Kier molecular flexibility index (Phi) is 9.43. The van der Waals surface area contributed by atoms with E-state index in [1.165, 1.54) is 4.90 Å². The lowest BCUT2D eigenvalue weighted by Gasteiger charge is -2.51. The maximum absolute atomic E-state index is 13.3. The lowest BCUT2D eigenvalue weighted by molar-refractivity contribution is -0.216. The van der Waals surface area contributed by atoms with Crippen molar-refractivity contribution in [1.29, 1.82) is 0 Å². The van der Waals surface area contributed by atoms with E-state index in [-0.39, 0.29) is 38.0 Å². The SMILES string of the molecule is O=C(c1ccc(C(F)(F)F)cc1)N1CCC2(CCN(Cc3ccccc3OCc3ccccc3)CC2OC(=O)C(F)(F)F)CC1. The van der Waals surface area contributed by atoms with Gasteiger partial charge in [-0.2, -0.15) is 26.3 Å². The van der Waals surface area contributed by atoms with Crippen molar-refractivity contribution in [2.75, 3.05) is 26.2 Å². The van der Waals surface area contributed by atoms with E-state index in [4.69, 9.17) is 9.47 Å². The van der Waals surface area contributed by atoms with E-state index in [0.29, 0.717) is 31.9 Å². The minimum atomic E-state index is -5.17. The molecule has 12 heteroatoms. The Morgan fingerprint density at radius 2 is 1.42 bits per heavy atom. The summed E-state index contributed by atoms with van der Waals surface area (Å²) in [7, 11) is 0. The van der Waals surface area contributed by atoms with Gasteiger partial charge in [0.05, 0.1) is 5.56 Å². The largest absolute Gasteiger partial charge is 0.490 e. The summed E-state index contributed by atoms with van der Waals surface area (Å²) in [6, 6.07) is 20.9. The monoisotopic (exact) mass is 634 g/mol. The van der Waals surface area contributed by atoms with E-state index < -0.39 is 41.3 Å². The second-order valence-corrected chi connectivity index (χ2v) is 11.5. The molecule has 45 heavy (non-hydrogen) atoms. The molecule has 2 saturated heterocycles. The molecule has 240 valence electrons. The summed E-state index contributed by atoms with van der Waals surface area (Å²) >= 11 is 0. The molecule has 3 aromatic rings. The first-order chi connectivity index (χ1) is 21.3. The third-order valence-electron chi connectivity index (χ3n) is 8.62. The van der Waals surface area contributed by atoms with E-state index in [1.807, 2.05) is 59.5 Å². The van der Waals surface area contributed by atoms with Gasteiger partial charge in [0.25, 0.3) is 5.91 Å². The molecule has 1 atom stereocenters. The van der Waals surface area contributed by atoms with Crippen LogP contribution in [0.15, 0.2) is 78.9 Å². The summed E-state index contributed by atoms with van der Waals surface area (Å²) in [6.07, 6.45) is -9.80. The van der Waals surface area contributed by atoms with Crippen molar-refractivity contribution in [3.63, 3.8) is 0 Å². The van der Waals surface area contributed by atoms with Gasteiger partial charge in [0.15, 0.2) is 0 Å². The molecule has 2 aliphatic heterocycles. The lowest BCUT2D eigenvalue weighted by Crippen LogP contribution is -2.57. The quantitative estimate of drug-likeness (QED) is 0.210. The van der Waals surface area contributed by atoms with Crippen molar-refractivity contribution in [3.05, 3.63) is 101 Å². The molecule has 2 aliphatic rings. The molecule has 2 fully saturated rings. The van der Waals surface area contributed by atoms with Crippen LogP contribution in [0.4, 0.5) is 26.3 Å². The highest BCUT2D eigenvalue weighted by atomic mass is 19.4. The van der Waals surface area contributed by atoms with Gasteiger partial charge in [-0.1, -0.05) is 48.5 Å². The summed E-state index contributed by atoms with van der Waals surface area (Å²) < 4.78 is 89.9. The van der Waals surface area contributed by atoms with Crippen LogP contribution in [0, 0.1) is 5.41 Å². The van der Waals surface area contributed by atoms with Crippen LogP contribution in [-0.2, 0) is 28.9 Å². The Hall–Kier alpha value is -4.06. The van der Waals surface area contributed by atoms with Crippen LogP contribution >= 0.6 is 0 Å². The number of halogens is 6. The summed E-state index contributed by atoms with van der Waals surface area (Å²) in [5.74, 6) is -2.09. The van der Waals surface area contributed by atoms with E-state index in [2.05, 4.69) is 0 Å². The minimum Gasteiger partial charge on any atom is -0.489 e. The number of amides is 1. The van der Waals surface area contributed by atoms with Crippen molar-refractivity contribution in [2.45, 2.75) is 50.9 Å². The number of rotatable bonds is 7. The summed E-state index contributed by atoms with van der Waals surface area (Å²) in [6.45, 7) is 1.60. The van der Waals surface area contributed by atoms with Crippen LogP contribution in [0.3, 0.4) is 0 Å². The molecule has 1 spiro atoms.